The molecule has 0 aromatic carbocycles. The number of halogens is 1. The number of hydrogen-bond donors (Lipinski definition) is 2. The van der Waals surface area contributed by atoms with Crippen molar-refractivity contribution in [2.75, 3.05) is 13.2 Å². The highest BCUT2D eigenvalue weighted by Gasteiger charge is 2.53. The van der Waals surface area contributed by atoms with Crippen LogP contribution >= 0.6 is 11.6 Å². The van der Waals surface area contributed by atoms with Crippen molar-refractivity contribution in [1.29, 1.82) is 0 Å². The third-order valence-corrected chi connectivity index (χ3v) is 7.30. The summed E-state index contributed by atoms with van der Waals surface area (Å²) in [6.45, 7) is 0.436. The zero-order chi connectivity index (χ0) is 22.9. The molecule has 4 heterocycles. The van der Waals surface area contributed by atoms with Gasteiger partial charge >= 0.3 is 0 Å². The topological polar surface area (TPSA) is 118 Å². The fourth-order valence-corrected chi connectivity index (χ4v) is 5.63. The van der Waals surface area contributed by atoms with Crippen LogP contribution < -0.4 is 5.32 Å². The van der Waals surface area contributed by atoms with E-state index in [0.29, 0.717) is 11.3 Å². The van der Waals surface area contributed by atoms with Gasteiger partial charge in [0.15, 0.2) is 5.76 Å². The van der Waals surface area contributed by atoms with E-state index in [1.54, 1.807) is 29.4 Å². The molecule has 176 valence electrons. The number of rotatable bonds is 5. The average Bonchev–Trinajstić information content (AvgIpc) is 3.56. The van der Waals surface area contributed by atoms with E-state index in [1.165, 1.54) is 6.33 Å². The number of carbonyl (C=O) groups is 2. The standard InChI is InChI=1S/C23H27ClN4O5/c24-15-10-28(20-16(29)11-32-21(15)20)23(31)19(13-4-2-1-3-5-13)27-22(30)18-7-6-17(33-18)14-8-25-12-26-9-14/h6-9,12-13,15-16,19-21,29H,1-5,10-11H2,(H,27,30)/t15-,16-,19-,20+,21+/m0/s1. The van der Waals surface area contributed by atoms with Crippen molar-refractivity contribution in [3.05, 3.63) is 36.6 Å². The molecule has 5 rings (SSSR count). The Morgan fingerprint density at radius 2 is 1.94 bits per heavy atom. The Balaban J connectivity index is 1.36. The van der Waals surface area contributed by atoms with Gasteiger partial charge in [0.25, 0.3) is 5.91 Å². The molecule has 0 bridgehead atoms. The van der Waals surface area contributed by atoms with Crippen LogP contribution in [0.4, 0.5) is 0 Å². The van der Waals surface area contributed by atoms with Gasteiger partial charge in [0.05, 0.1) is 29.7 Å². The number of carbonyl (C=O) groups excluding carboxylic acids is 2. The van der Waals surface area contributed by atoms with E-state index in [2.05, 4.69) is 15.3 Å². The first kappa shape index (κ1) is 22.3. The first-order valence-electron chi connectivity index (χ1n) is 11.4. The molecule has 2 N–H and O–H groups in total. The number of furan rings is 1. The number of amides is 2. The molecule has 5 atom stereocenters. The summed E-state index contributed by atoms with van der Waals surface area (Å²) in [4.78, 5) is 36.4. The number of fused-ring (bicyclic) bond motifs is 1. The molecule has 3 aliphatic rings. The number of aliphatic hydroxyl groups excluding tert-OH is 1. The van der Waals surface area contributed by atoms with Crippen LogP contribution in [0, 0.1) is 5.92 Å². The van der Waals surface area contributed by atoms with E-state index in [-0.39, 0.29) is 36.1 Å². The van der Waals surface area contributed by atoms with Crippen LogP contribution in [-0.4, -0.2) is 74.6 Å². The molecule has 10 heteroatoms. The Hall–Kier alpha value is -2.49. The first-order chi connectivity index (χ1) is 16.0. The van der Waals surface area contributed by atoms with Gasteiger partial charge in [0.1, 0.15) is 24.2 Å². The number of aromatic nitrogens is 2. The predicted molar refractivity (Wildman–Crippen MR) is 118 cm³/mol. The van der Waals surface area contributed by atoms with Gasteiger partial charge in [0, 0.05) is 18.9 Å². The second-order valence-electron chi connectivity index (χ2n) is 9.00. The van der Waals surface area contributed by atoms with Gasteiger partial charge in [-0.2, -0.15) is 0 Å². The fourth-order valence-electron chi connectivity index (χ4n) is 5.26. The number of ether oxygens (including phenoxy) is 1. The second kappa shape index (κ2) is 9.40. The van der Waals surface area contributed by atoms with Crippen LogP contribution in [0.15, 0.2) is 35.3 Å². The first-order valence-corrected chi connectivity index (χ1v) is 11.9. The van der Waals surface area contributed by atoms with Crippen LogP contribution in [0.3, 0.4) is 0 Å². The maximum Gasteiger partial charge on any atom is 0.287 e. The molecule has 0 unspecified atom stereocenters. The maximum atomic E-state index is 13.7. The highest BCUT2D eigenvalue weighted by molar-refractivity contribution is 6.21. The largest absolute Gasteiger partial charge is 0.451 e. The summed E-state index contributed by atoms with van der Waals surface area (Å²) < 4.78 is 11.3. The Morgan fingerprint density at radius 1 is 1.18 bits per heavy atom. The molecular weight excluding hydrogens is 448 g/mol. The lowest BCUT2D eigenvalue weighted by Crippen LogP contribution is -2.56. The number of alkyl halides is 1. The van der Waals surface area contributed by atoms with E-state index in [9.17, 15) is 14.7 Å². The monoisotopic (exact) mass is 474 g/mol. The van der Waals surface area contributed by atoms with Gasteiger partial charge in [-0.25, -0.2) is 9.97 Å². The quantitative estimate of drug-likeness (QED) is 0.636. The lowest BCUT2D eigenvalue weighted by molar-refractivity contribution is -0.137. The maximum absolute atomic E-state index is 13.7. The Morgan fingerprint density at radius 3 is 2.70 bits per heavy atom. The Kier molecular flexibility index (Phi) is 6.36. The van der Waals surface area contributed by atoms with Crippen molar-refractivity contribution in [2.45, 2.75) is 61.8 Å². The minimum absolute atomic E-state index is 0.0134. The van der Waals surface area contributed by atoms with Gasteiger partial charge < -0.3 is 24.5 Å². The minimum Gasteiger partial charge on any atom is -0.451 e. The summed E-state index contributed by atoms with van der Waals surface area (Å²) in [6.07, 6.45) is 8.29. The van der Waals surface area contributed by atoms with Crippen LogP contribution in [0.25, 0.3) is 11.3 Å². The van der Waals surface area contributed by atoms with Gasteiger partial charge in [-0.05, 0) is 30.9 Å². The highest BCUT2D eigenvalue weighted by Crippen LogP contribution is 2.35. The van der Waals surface area contributed by atoms with Crippen LogP contribution in [0.5, 0.6) is 0 Å². The summed E-state index contributed by atoms with van der Waals surface area (Å²) in [5.74, 6) is -0.0786. The van der Waals surface area contributed by atoms with E-state index in [4.69, 9.17) is 20.8 Å². The lowest BCUT2D eigenvalue weighted by atomic mass is 9.83. The van der Waals surface area contributed by atoms with E-state index < -0.39 is 30.2 Å². The molecular formula is C23H27ClN4O5. The van der Waals surface area contributed by atoms with E-state index in [1.807, 2.05) is 0 Å². The fraction of sp³-hybridized carbons (Fsp3) is 0.565. The molecule has 3 fully saturated rings. The van der Waals surface area contributed by atoms with Crippen LogP contribution in [0.2, 0.25) is 0 Å². The zero-order valence-corrected chi connectivity index (χ0v) is 18.9. The van der Waals surface area contributed by atoms with Gasteiger partial charge in [-0.15, -0.1) is 11.6 Å². The molecule has 2 amide bonds. The second-order valence-corrected chi connectivity index (χ2v) is 9.56. The summed E-state index contributed by atoms with van der Waals surface area (Å²) in [7, 11) is 0. The van der Waals surface area contributed by atoms with Crippen molar-refractivity contribution >= 4 is 23.4 Å². The normalized spacial score (nSPS) is 28.5. The number of hydrogen-bond acceptors (Lipinski definition) is 7. The predicted octanol–water partition coefficient (Wildman–Crippen LogP) is 1.99. The molecule has 2 saturated heterocycles. The van der Waals surface area contributed by atoms with Crippen molar-refractivity contribution < 1.29 is 23.8 Å². The number of aliphatic hydroxyl groups is 1. The van der Waals surface area contributed by atoms with Gasteiger partial charge in [-0.3, -0.25) is 9.59 Å². The molecule has 33 heavy (non-hydrogen) atoms. The van der Waals surface area contributed by atoms with Crippen molar-refractivity contribution in [2.24, 2.45) is 5.92 Å². The smallest absolute Gasteiger partial charge is 0.287 e. The van der Waals surface area contributed by atoms with Crippen molar-refractivity contribution in [1.82, 2.24) is 20.2 Å². The Labute approximate surface area is 196 Å². The van der Waals surface area contributed by atoms with Gasteiger partial charge in [0.2, 0.25) is 5.91 Å². The highest BCUT2D eigenvalue weighted by atomic mass is 35.5. The molecule has 2 aromatic heterocycles. The zero-order valence-electron chi connectivity index (χ0n) is 18.1. The molecule has 1 aliphatic carbocycles. The minimum atomic E-state index is -0.786. The molecule has 1 saturated carbocycles. The molecule has 2 aromatic rings. The molecule has 9 nitrogen and oxygen atoms in total. The number of likely N-dealkylation sites (tertiary alicyclic amines) is 1. The molecule has 0 radical (unpaired) electrons. The number of nitrogens with zero attached hydrogens (tertiary/aromatic N) is 3. The third kappa shape index (κ3) is 4.37. The molecule has 0 spiro atoms. The number of nitrogens with one attached hydrogen (secondary N) is 1. The summed E-state index contributed by atoms with van der Waals surface area (Å²) in [5, 5.41) is 13.0. The van der Waals surface area contributed by atoms with Crippen LogP contribution in [0.1, 0.15) is 42.7 Å². The van der Waals surface area contributed by atoms with Gasteiger partial charge in [-0.1, -0.05) is 19.3 Å². The Bertz CT molecular complexity index is 996. The SMILES string of the molecule is O=C(N[C@H](C(=O)N1C[C@H](Cl)[C@H]2OC[C@H](O)[C@H]21)C1CCCCC1)c1ccc(-c2cncnc2)o1. The summed E-state index contributed by atoms with van der Waals surface area (Å²) in [5.41, 5.74) is 0.656. The summed E-state index contributed by atoms with van der Waals surface area (Å²) >= 11 is 6.43. The lowest BCUT2D eigenvalue weighted by Gasteiger charge is -2.35. The molecule has 2 aliphatic heterocycles. The average molecular weight is 475 g/mol. The van der Waals surface area contributed by atoms with E-state index >= 15 is 0 Å². The van der Waals surface area contributed by atoms with E-state index in [0.717, 1.165) is 32.1 Å². The van der Waals surface area contributed by atoms with Crippen molar-refractivity contribution in [3.63, 3.8) is 0 Å². The third-order valence-electron chi connectivity index (χ3n) is 6.91. The summed E-state index contributed by atoms with van der Waals surface area (Å²) in [6, 6.07) is 2.05. The van der Waals surface area contributed by atoms with Crippen LogP contribution in [-0.2, 0) is 9.53 Å². The van der Waals surface area contributed by atoms with Crippen molar-refractivity contribution in [3.8, 4) is 11.3 Å².